The molecule has 0 aromatic heterocycles. The van der Waals surface area contributed by atoms with Crippen LogP contribution in [-0.2, 0) is 14.3 Å². The lowest BCUT2D eigenvalue weighted by molar-refractivity contribution is -0.155. The lowest BCUT2D eigenvalue weighted by Crippen LogP contribution is -2.56. The van der Waals surface area contributed by atoms with Crippen molar-refractivity contribution in [3.8, 4) is 0 Å². The van der Waals surface area contributed by atoms with Gasteiger partial charge in [0.05, 0.1) is 18.5 Å². The Bertz CT molecular complexity index is 676. The molecule has 4 rings (SSSR count). The monoisotopic (exact) mass is 398 g/mol. The highest BCUT2D eigenvalue weighted by molar-refractivity contribution is 7.85. The van der Waals surface area contributed by atoms with Crippen molar-refractivity contribution < 1.29 is 17.7 Å². The van der Waals surface area contributed by atoms with Crippen LogP contribution < -0.4 is 0 Å². The first kappa shape index (κ1) is 20.2. The third-order valence-corrected chi connectivity index (χ3v) is 10.3. The lowest BCUT2D eigenvalue weighted by atomic mass is 9.44. The van der Waals surface area contributed by atoms with Gasteiger partial charge < -0.3 is 5.11 Å². The Morgan fingerprint density at radius 2 is 1.70 bits per heavy atom. The van der Waals surface area contributed by atoms with Gasteiger partial charge in [0.2, 0.25) is 0 Å². The van der Waals surface area contributed by atoms with Crippen molar-refractivity contribution in [1.82, 2.24) is 0 Å². The molecule has 0 aromatic carbocycles. The highest BCUT2D eigenvalue weighted by Gasteiger charge is 2.64. The molecule has 0 spiro atoms. The lowest BCUT2D eigenvalue weighted by Gasteiger charge is -2.61. The van der Waals surface area contributed by atoms with Gasteiger partial charge >= 0.3 is 0 Å². The minimum absolute atomic E-state index is 0.0904. The van der Waals surface area contributed by atoms with Gasteiger partial charge in [0.15, 0.2) is 0 Å². The molecule has 4 fully saturated rings. The number of aliphatic hydroxyl groups is 1. The molecule has 0 amide bonds. The third kappa shape index (κ3) is 3.20. The standard InChI is InChI=1S/C22H38O4S/c1-20-11-5-4-6-16(20)7-8-17-18(20)9-12-21(2)19(17)10-13-22(21,23)14-15-26-27(3,24)25/h16-19,23H,4-15H2,1-3H3/t16?,17-,18+,19+,20+,21+,22+/m1/s1. The van der Waals surface area contributed by atoms with Crippen molar-refractivity contribution in [3.63, 3.8) is 0 Å². The summed E-state index contributed by atoms with van der Waals surface area (Å²) in [5.74, 6) is 3.07. The highest BCUT2D eigenvalue weighted by Crippen LogP contribution is 2.68. The van der Waals surface area contributed by atoms with Gasteiger partial charge in [0.1, 0.15) is 0 Å². The van der Waals surface area contributed by atoms with E-state index in [9.17, 15) is 13.5 Å². The second-order valence-corrected chi connectivity index (χ2v) is 12.3. The van der Waals surface area contributed by atoms with Crippen molar-refractivity contribution >= 4 is 10.1 Å². The Kier molecular flexibility index (Phi) is 5.00. The van der Waals surface area contributed by atoms with E-state index in [1.807, 2.05) is 0 Å². The average Bonchev–Trinajstić information content (AvgIpc) is 2.85. The largest absolute Gasteiger partial charge is 0.389 e. The molecule has 0 bridgehead atoms. The van der Waals surface area contributed by atoms with Gasteiger partial charge in [0, 0.05) is 6.42 Å². The Morgan fingerprint density at radius 1 is 0.963 bits per heavy atom. The summed E-state index contributed by atoms with van der Waals surface area (Å²) in [5.41, 5.74) is -0.354. The van der Waals surface area contributed by atoms with Crippen LogP contribution in [0.25, 0.3) is 0 Å². The van der Waals surface area contributed by atoms with E-state index in [1.165, 1.54) is 44.9 Å². The molecule has 4 saturated carbocycles. The minimum Gasteiger partial charge on any atom is -0.389 e. The first-order valence-corrected chi connectivity index (χ1v) is 13.0. The van der Waals surface area contributed by atoms with Gasteiger partial charge in [-0.3, -0.25) is 4.18 Å². The molecule has 27 heavy (non-hydrogen) atoms. The van der Waals surface area contributed by atoms with Crippen molar-refractivity contribution in [2.24, 2.45) is 34.5 Å². The summed E-state index contributed by atoms with van der Waals surface area (Å²) in [6.45, 7) is 4.97. The van der Waals surface area contributed by atoms with E-state index in [4.69, 9.17) is 4.18 Å². The van der Waals surface area contributed by atoms with Gasteiger partial charge in [-0.1, -0.05) is 26.7 Å². The maximum absolute atomic E-state index is 11.6. The molecule has 4 aliphatic rings. The molecule has 156 valence electrons. The van der Waals surface area contributed by atoms with E-state index < -0.39 is 15.7 Å². The zero-order valence-electron chi connectivity index (χ0n) is 17.4. The summed E-state index contributed by atoms with van der Waals surface area (Å²) in [6.07, 6.45) is 14.1. The van der Waals surface area contributed by atoms with E-state index in [1.54, 1.807) is 0 Å². The molecular weight excluding hydrogens is 360 g/mol. The molecule has 4 nitrogen and oxygen atoms in total. The summed E-state index contributed by atoms with van der Waals surface area (Å²) < 4.78 is 27.6. The van der Waals surface area contributed by atoms with Crippen molar-refractivity contribution in [3.05, 3.63) is 0 Å². The first-order valence-electron chi connectivity index (χ1n) is 11.2. The van der Waals surface area contributed by atoms with Crippen molar-refractivity contribution in [1.29, 1.82) is 0 Å². The van der Waals surface area contributed by atoms with Crippen LogP contribution in [0.2, 0.25) is 0 Å². The third-order valence-electron chi connectivity index (χ3n) is 9.72. The van der Waals surface area contributed by atoms with Crippen LogP contribution >= 0.6 is 0 Å². The summed E-state index contributed by atoms with van der Waals surface area (Å²) in [5, 5.41) is 11.6. The molecule has 5 heteroatoms. The summed E-state index contributed by atoms with van der Waals surface area (Å²) >= 11 is 0. The maximum atomic E-state index is 11.6. The van der Waals surface area contributed by atoms with Gasteiger partial charge in [-0.15, -0.1) is 0 Å². The van der Waals surface area contributed by atoms with Crippen LogP contribution in [0.3, 0.4) is 0 Å². The van der Waals surface area contributed by atoms with E-state index in [2.05, 4.69) is 13.8 Å². The predicted octanol–water partition coefficient (Wildman–Crippen LogP) is 4.52. The number of hydrogen-bond acceptors (Lipinski definition) is 4. The second kappa shape index (κ2) is 6.70. The Balaban J connectivity index is 1.52. The fourth-order valence-corrected chi connectivity index (χ4v) is 8.56. The van der Waals surface area contributed by atoms with Crippen LogP contribution in [0.15, 0.2) is 0 Å². The number of rotatable bonds is 4. The van der Waals surface area contributed by atoms with Gasteiger partial charge in [0.25, 0.3) is 10.1 Å². The van der Waals surface area contributed by atoms with Crippen LogP contribution in [0.5, 0.6) is 0 Å². The minimum atomic E-state index is -3.44. The molecule has 0 heterocycles. The fourth-order valence-electron chi connectivity index (χ4n) is 8.18. The molecular formula is C22H38O4S. The van der Waals surface area contributed by atoms with Gasteiger partial charge in [-0.05, 0) is 85.9 Å². The van der Waals surface area contributed by atoms with Crippen LogP contribution in [0.1, 0.15) is 84.5 Å². The normalized spacial score (nSPS) is 49.9. The molecule has 4 aliphatic carbocycles. The SMILES string of the molecule is C[C@]12CCCCC1CC[C@@H]1[C@@H]2CC[C@@]2(C)[C@H]1CC[C@]2(O)CCOS(C)(=O)=O. The second-order valence-electron chi connectivity index (χ2n) is 10.7. The van der Waals surface area contributed by atoms with Crippen LogP contribution in [-0.4, -0.2) is 32.0 Å². The smallest absolute Gasteiger partial charge is 0.264 e. The zero-order valence-corrected chi connectivity index (χ0v) is 18.2. The quantitative estimate of drug-likeness (QED) is 0.707. The van der Waals surface area contributed by atoms with Gasteiger partial charge in [-0.25, -0.2) is 0 Å². The molecule has 7 atom stereocenters. The van der Waals surface area contributed by atoms with Crippen molar-refractivity contribution in [2.75, 3.05) is 12.9 Å². The predicted molar refractivity (Wildman–Crippen MR) is 107 cm³/mol. The van der Waals surface area contributed by atoms with Crippen molar-refractivity contribution in [2.45, 2.75) is 90.1 Å². The Labute approximate surface area is 165 Å². The molecule has 1 N–H and O–H groups in total. The first-order chi connectivity index (χ1) is 12.6. The highest BCUT2D eigenvalue weighted by atomic mass is 32.2. The average molecular weight is 399 g/mol. The molecule has 0 aromatic rings. The summed E-state index contributed by atoms with van der Waals surface area (Å²) in [7, 11) is -3.44. The molecule has 0 saturated heterocycles. The van der Waals surface area contributed by atoms with Gasteiger partial charge in [-0.2, -0.15) is 8.42 Å². The molecule has 0 radical (unpaired) electrons. The summed E-state index contributed by atoms with van der Waals surface area (Å²) in [6, 6.07) is 0. The number of fused-ring (bicyclic) bond motifs is 5. The van der Waals surface area contributed by atoms with Crippen LogP contribution in [0, 0.1) is 34.5 Å². The van der Waals surface area contributed by atoms with E-state index in [0.717, 1.165) is 43.3 Å². The fraction of sp³-hybridized carbons (Fsp3) is 1.00. The Hall–Kier alpha value is -0.130. The molecule has 1 unspecified atom stereocenters. The zero-order chi connectivity index (χ0) is 19.5. The Morgan fingerprint density at radius 3 is 2.44 bits per heavy atom. The topological polar surface area (TPSA) is 63.6 Å². The van der Waals surface area contributed by atoms with E-state index in [-0.39, 0.29) is 12.0 Å². The van der Waals surface area contributed by atoms with Crippen LogP contribution in [0.4, 0.5) is 0 Å². The number of hydrogen-bond donors (Lipinski definition) is 1. The van der Waals surface area contributed by atoms with E-state index in [0.29, 0.717) is 17.8 Å². The molecule has 0 aliphatic heterocycles. The summed E-state index contributed by atoms with van der Waals surface area (Å²) in [4.78, 5) is 0. The maximum Gasteiger partial charge on any atom is 0.264 e. The van der Waals surface area contributed by atoms with E-state index >= 15 is 0 Å².